The lowest BCUT2D eigenvalue weighted by atomic mass is 9.95. The second-order valence-corrected chi connectivity index (χ2v) is 7.57. The van der Waals surface area contributed by atoms with Gasteiger partial charge in [0.25, 0.3) is 5.91 Å². The number of hydrogen-bond donors (Lipinski definition) is 1. The number of carbonyl (C=O) groups excluding carboxylic acids is 2. The SMILES string of the molecule is COc1ccc(CNC(=O)C2CCN(C(=O)c3ccc(N(C)C)cc3)CC2)cc1. The Morgan fingerprint density at radius 1 is 1.03 bits per heavy atom. The number of benzene rings is 2. The van der Waals surface area contributed by atoms with Crippen molar-refractivity contribution in [2.45, 2.75) is 19.4 Å². The number of amides is 2. The number of hydrogen-bond acceptors (Lipinski definition) is 4. The van der Waals surface area contributed by atoms with Gasteiger partial charge in [0.05, 0.1) is 7.11 Å². The lowest BCUT2D eigenvalue weighted by molar-refractivity contribution is -0.126. The van der Waals surface area contributed by atoms with Crippen LogP contribution >= 0.6 is 0 Å². The predicted octanol–water partition coefficient (Wildman–Crippen LogP) is 2.93. The normalized spacial score (nSPS) is 14.4. The maximum absolute atomic E-state index is 12.7. The monoisotopic (exact) mass is 395 g/mol. The van der Waals surface area contributed by atoms with Crippen molar-refractivity contribution in [3.05, 3.63) is 59.7 Å². The van der Waals surface area contributed by atoms with Crippen LogP contribution in [0, 0.1) is 5.92 Å². The Kier molecular flexibility index (Phi) is 6.75. The van der Waals surface area contributed by atoms with E-state index in [0.29, 0.717) is 38.0 Å². The number of nitrogens with zero attached hydrogens (tertiary/aromatic N) is 2. The van der Waals surface area contributed by atoms with E-state index in [1.807, 2.05) is 72.4 Å². The summed E-state index contributed by atoms with van der Waals surface area (Å²) in [6, 6.07) is 15.3. The first-order valence-corrected chi connectivity index (χ1v) is 9.95. The first kappa shape index (κ1) is 20.7. The minimum absolute atomic E-state index is 0.0346. The average Bonchev–Trinajstić information content (AvgIpc) is 2.77. The molecule has 0 atom stereocenters. The van der Waals surface area contributed by atoms with Crippen LogP contribution in [0.5, 0.6) is 5.75 Å². The summed E-state index contributed by atoms with van der Waals surface area (Å²) in [5.41, 5.74) is 2.79. The van der Waals surface area contributed by atoms with Crippen molar-refractivity contribution >= 4 is 17.5 Å². The Bertz CT molecular complexity index is 823. The van der Waals surface area contributed by atoms with E-state index < -0.39 is 0 Å². The number of methoxy groups -OCH3 is 1. The highest BCUT2D eigenvalue weighted by Crippen LogP contribution is 2.21. The van der Waals surface area contributed by atoms with Crippen LogP contribution in [0.1, 0.15) is 28.8 Å². The standard InChI is InChI=1S/C23H29N3O3/c1-25(2)20-8-6-19(7-9-20)23(28)26-14-12-18(13-15-26)22(27)24-16-17-4-10-21(29-3)11-5-17/h4-11,18H,12-16H2,1-3H3,(H,24,27). The molecule has 1 fully saturated rings. The molecule has 0 bridgehead atoms. The molecule has 0 aromatic heterocycles. The van der Waals surface area contributed by atoms with Crippen LogP contribution < -0.4 is 15.0 Å². The zero-order valence-corrected chi connectivity index (χ0v) is 17.4. The van der Waals surface area contributed by atoms with Crippen molar-refractivity contribution in [3.63, 3.8) is 0 Å². The Balaban J connectivity index is 1.47. The quantitative estimate of drug-likeness (QED) is 0.817. The molecule has 0 radical (unpaired) electrons. The molecule has 0 unspecified atom stereocenters. The summed E-state index contributed by atoms with van der Waals surface area (Å²) in [6.45, 7) is 1.71. The van der Waals surface area contributed by atoms with E-state index >= 15 is 0 Å². The highest BCUT2D eigenvalue weighted by atomic mass is 16.5. The van der Waals surface area contributed by atoms with Gasteiger partial charge in [0, 0.05) is 50.9 Å². The molecule has 1 aliphatic rings. The Hall–Kier alpha value is -3.02. The molecule has 0 spiro atoms. The Labute approximate surface area is 172 Å². The molecule has 1 heterocycles. The molecule has 154 valence electrons. The summed E-state index contributed by atoms with van der Waals surface area (Å²) in [6.07, 6.45) is 1.38. The zero-order chi connectivity index (χ0) is 20.8. The zero-order valence-electron chi connectivity index (χ0n) is 17.4. The van der Waals surface area contributed by atoms with E-state index in [4.69, 9.17) is 4.74 Å². The van der Waals surface area contributed by atoms with Gasteiger partial charge in [0.2, 0.25) is 5.91 Å². The summed E-state index contributed by atoms with van der Waals surface area (Å²) in [7, 11) is 5.58. The summed E-state index contributed by atoms with van der Waals surface area (Å²) >= 11 is 0. The van der Waals surface area contributed by atoms with Crippen LogP contribution in [0.2, 0.25) is 0 Å². The van der Waals surface area contributed by atoms with E-state index in [9.17, 15) is 9.59 Å². The maximum atomic E-state index is 12.7. The topological polar surface area (TPSA) is 61.9 Å². The summed E-state index contributed by atoms with van der Waals surface area (Å²) in [5, 5.41) is 3.01. The van der Waals surface area contributed by atoms with E-state index in [1.165, 1.54) is 0 Å². The third-order valence-corrected chi connectivity index (χ3v) is 5.41. The molecule has 2 amide bonds. The van der Waals surface area contributed by atoms with Gasteiger partial charge in [-0.3, -0.25) is 9.59 Å². The first-order valence-electron chi connectivity index (χ1n) is 9.95. The smallest absolute Gasteiger partial charge is 0.253 e. The summed E-state index contributed by atoms with van der Waals surface area (Å²) in [4.78, 5) is 29.1. The number of piperidine rings is 1. The number of nitrogens with one attached hydrogen (secondary N) is 1. The fraction of sp³-hybridized carbons (Fsp3) is 0.391. The molecule has 2 aromatic rings. The van der Waals surface area contributed by atoms with Crippen LogP contribution in [0.3, 0.4) is 0 Å². The second-order valence-electron chi connectivity index (χ2n) is 7.57. The molecule has 2 aromatic carbocycles. The first-order chi connectivity index (χ1) is 14.0. The van der Waals surface area contributed by atoms with Gasteiger partial charge in [0.15, 0.2) is 0 Å². The molecule has 6 nitrogen and oxygen atoms in total. The van der Waals surface area contributed by atoms with Crippen molar-refractivity contribution in [3.8, 4) is 5.75 Å². The van der Waals surface area contributed by atoms with Crippen molar-refractivity contribution in [1.82, 2.24) is 10.2 Å². The van der Waals surface area contributed by atoms with Crippen LogP contribution in [0.4, 0.5) is 5.69 Å². The third kappa shape index (κ3) is 5.28. The van der Waals surface area contributed by atoms with Gasteiger partial charge < -0.3 is 19.9 Å². The van der Waals surface area contributed by atoms with Gasteiger partial charge >= 0.3 is 0 Å². The number of carbonyl (C=O) groups is 2. The van der Waals surface area contributed by atoms with E-state index in [-0.39, 0.29) is 17.7 Å². The number of ether oxygens (including phenoxy) is 1. The number of rotatable bonds is 6. The van der Waals surface area contributed by atoms with Crippen LogP contribution in [0.15, 0.2) is 48.5 Å². The Morgan fingerprint density at radius 2 is 1.66 bits per heavy atom. The van der Waals surface area contributed by atoms with Crippen LogP contribution in [-0.4, -0.2) is 51.0 Å². The third-order valence-electron chi connectivity index (χ3n) is 5.41. The highest BCUT2D eigenvalue weighted by molar-refractivity contribution is 5.94. The van der Waals surface area contributed by atoms with Gasteiger partial charge in [-0.1, -0.05) is 12.1 Å². The lowest BCUT2D eigenvalue weighted by Crippen LogP contribution is -2.42. The van der Waals surface area contributed by atoms with Crippen molar-refractivity contribution < 1.29 is 14.3 Å². The maximum Gasteiger partial charge on any atom is 0.253 e. The van der Waals surface area contributed by atoms with Gasteiger partial charge in [-0.15, -0.1) is 0 Å². The Morgan fingerprint density at radius 3 is 2.21 bits per heavy atom. The highest BCUT2D eigenvalue weighted by Gasteiger charge is 2.27. The minimum Gasteiger partial charge on any atom is -0.497 e. The fourth-order valence-corrected chi connectivity index (χ4v) is 3.51. The van der Waals surface area contributed by atoms with Crippen molar-refractivity contribution in [2.75, 3.05) is 39.2 Å². The molecule has 0 aliphatic carbocycles. The fourth-order valence-electron chi connectivity index (χ4n) is 3.51. The van der Waals surface area contributed by atoms with Crippen LogP contribution in [0.25, 0.3) is 0 Å². The second kappa shape index (κ2) is 9.45. The van der Waals surface area contributed by atoms with Crippen LogP contribution in [-0.2, 0) is 11.3 Å². The van der Waals surface area contributed by atoms with E-state index in [2.05, 4.69) is 5.32 Å². The van der Waals surface area contributed by atoms with Gasteiger partial charge in [-0.25, -0.2) is 0 Å². The van der Waals surface area contributed by atoms with Gasteiger partial charge in [0.1, 0.15) is 5.75 Å². The number of anilines is 1. The molecule has 1 aliphatic heterocycles. The molecule has 1 N–H and O–H groups in total. The number of likely N-dealkylation sites (tertiary alicyclic amines) is 1. The predicted molar refractivity (Wildman–Crippen MR) is 114 cm³/mol. The molecular formula is C23H29N3O3. The largest absolute Gasteiger partial charge is 0.497 e. The molecule has 29 heavy (non-hydrogen) atoms. The molecule has 1 saturated heterocycles. The molecular weight excluding hydrogens is 366 g/mol. The van der Waals surface area contributed by atoms with E-state index in [0.717, 1.165) is 17.0 Å². The molecule has 6 heteroatoms. The average molecular weight is 396 g/mol. The van der Waals surface area contributed by atoms with Gasteiger partial charge in [-0.05, 0) is 54.8 Å². The minimum atomic E-state index is -0.0478. The van der Waals surface area contributed by atoms with Gasteiger partial charge in [-0.2, -0.15) is 0 Å². The van der Waals surface area contributed by atoms with Crippen molar-refractivity contribution in [1.29, 1.82) is 0 Å². The molecule has 0 saturated carbocycles. The van der Waals surface area contributed by atoms with E-state index in [1.54, 1.807) is 7.11 Å². The summed E-state index contributed by atoms with van der Waals surface area (Å²) in [5.74, 6) is 0.845. The lowest BCUT2D eigenvalue weighted by Gasteiger charge is -2.31. The molecule has 3 rings (SSSR count). The summed E-state index contributed by atoms with van der Waals surface area (Å²) < 4.78 is 5.15. The van der Waals surface area contributed by atoms with Crippen molar-refractivity contribution in [2.24, 2.45) is 5.92 Å².